The molecular weight excluding hydrogens is 430 g/mol. The minimum absolute atomic E-state index is 0.0772. The Hall–Kier alpha value is -3.11. The Kier molecular flexibility index (Phi) is 6.91. The molecule has 3 rings (SSSR count). The fourth-order valence-electron chi connectivity index (χ4n) is 2.73. The highest BCUT2D eigenvalue weighted by molar-refractivity contribution is 7.99. The molecule has 0 bridgehead atoms. The van der Waals surface area contributed by atoms with E-state index in [-0.39, 0.29) is 23.1 Å². The van der Waals surface area contributed by atoms with Crippen LogP contribution in [-0.2, 0) is 11.3 Å². The van der Waals surface area contributed by atoms with Gasteiger partial charge in [-0.1, -0.05) is 35.5 Å². The standard InChI is InChI=1S/C19H18ClN5O4S/c1-3-24-18(12-5-4-6-13(20)9-12)22-23-19(24)30-11-17(26)21-15-8-7-14(25(27)28)10-16(15)29-2/h4-10H,3,11H2,1-2H3,(H,21,26). The van der Waals surface area contributed by atoms with Gasteiger partial charge in [-0.25, -0.2) is 0 Å². The van der Waals surface area contributed by atoms with Gasteiger partial charge in [0.05, 0.1) is 29.5 Å². The van der Waals surface area contributed by atoms with Gasteiger partial charge in [-0.05, 0) is 25.1 Å². The number of nitro groups is 1. The second-order valence-corrected chi connectivity index (χ2v) is 7.42. The van der Waals surface area contributed by atoms with Crippen LogP contribution in [0.5, 0.6) is 5.75 Å². The number of aromatic nitrogens is 3. The number of nitro benzene ring substituents is 1. The van der Waals surface area contributed by atoms with Crippen molar-refractivity contribution in [3.05, 3.63) is 57.6 Å². The van der Waals surface area contributed by atoms with Crippen molar-refractivity contribution in [3.8, 4) is 17.1 Å². The molecule has 0 atom stereocenters. The van der Waals surface area contributed by atoms with Gasteiger partial charge in [0.25, 0.3) is 5.69 Å². The molecule has 0 radical (unpaired) electrons. The van der Waals surface area contributed by atoms with Crippen LogP contribution in [0.1, 0.15) is 6.92 Å². The van der Waals surface area contributed by atoms with E-state index in [1.54, 1.807) is 12.1 Å². The first-order chi connectivity index (χ1) is 14.4. The molecule has 1 amide bonds. The number of anilines is 1. The summed E-state index contributed by atoms with van der Waals surface area (Å²) in [6.07, 6.45) is 0. The maximum Gasteiger partial charge on any atom is 0.273 e. The normalized spacial score (nSPS) is 10.6. The van der Waals surface area contributed by atoms with Gasteiger partial charge >= 0.3 is 0 Å². The van der Waals surface area contributed by atoms with Gasteiger partial charge in [0.1, 0.15) is 5.75 Å². The average molecular weight is 448 g/mol. The molecule has 1 N–H and O–H groups in total. The van der Waals surface area contributed by atoms with Gasteiger partial charge in [0.15, 0.2) is 11.0 Å². The lowest BCUT2D eigenvalue weighted by Gasteiger charge is -2.10. The minimum Gasteiger partial charge on any atom is -0.494 e. The minimum atomic E-state index is -0.529. The van der Waals surface area contributed by atoms with Crippen molar-refractivity contribution in [3.63, 3.8) is 0 Å². The van der Waals surface area contributed by atoms with E-state index in [1.165, 1.54) is 37.1 Å². The Labute approximate surface area is 181 Å². The number of carbonyl (C=O) groups is 1. The molecule has 9 nitrogen and oxygen atoms in total. The van der Waals surface area contributed by atoms with E-state index in [0.29, 0.717) is 28.2 Å². The van der Waals surface area contributed by atoms with Crippen LogP contribution in [0.25, 0.3) is 11.4 Å². The second-order valence-electron chi connectivity index (χ2n) is 6.04. The predicted octanol–water partition coefficient (Wildman–Crippen LogP) is 4.27. The highest BCUT2D eigenvalue weighted by Gasteiger charge is 2.17. The maximum absolute atomic E-state index is 12.4. The molecule has 0 fully saturated rings. The fraction of sp³-hybridized carbons (Fsp3) is 0.211. The van der Waals surface area contributed by atoms with Gasteiger partial charge < -0.3 is 14.6 Å². The summed E-state index contributed by atoms with van der Waals surface area (Å²) in [5.41, 5.74) is 1.07. The molecule has 2 aromatic carbocycles. The Morgan fingerprint density at radius 2 is 2.10 bits per heavy atom. The van der Waals surface area contributed by atoms with Crippen LogP contribution in [0, 0.1) is 10.1 Å². The molecule has 0 saturated heterocycles. The zero-order valence-corrected chi connectivity index (χ0v) is 17.7. The third-order valence-electron chi connectivity index (χ3n) is 4.12. The summed E-state index contributed by atoms with van der Waals surface area (Å²) in [6, 6.07) is 11.3. The van der Waals surface area contributed by atoms with E-state index in [0.717, 1.165) is 5.56 Å². The molecule has 0 unspecified atom stereocenters. The summed E-state index contributed by atoms with van der Waals surface area (Å²) in [6.45, 7) is 2.58. The van der Waals surface area contributed by atoms with Gasteiger partial charge in [-0.3, -0.25) is 14.9 Å². The monoisotopic (exact) mass is 447 g/mol. The summed E-state index contributed by atoms with van der Waals surface area (Å²) in [5.74, 6) is 0.651. The van der Waals surface area contributed by atoms with Crippen molar-refractivity contribution in [2.75, 3.05) is 18.2 Å². The number of hydrogen-bond acceptors (Lipinski definition) is 7. The van der Waals surface area contributed by atoms with Crippen molar-refractivity contribution in [2.45, 2.75) is 18.6 Å². The lowest BCUT2D eigenvalue weighted by atomic mass is 10.2. The van der Waals surface area contributed by atoms with Crippen LogP contribution < -0.4 is 10.1 Å². The smallest absolute Gasteiger partial charge is 0.273 e. The number of thioether (sulfide) groups is 1. The largest absolute Gasteiger partial charge is 0.494 e. The van der Waals surface area contributed by atoms with Crippen molar-refractivity contribution < 1.29 is 14.5 Å². The summed E-state index contributed by atoms with van der Waals surface area (Å²) in [5, 5.41) is 23.2. The number of non-ortho nitro benzene ring substituents is 1. The number of nitrogens with one attached hydrogen (secondary N) is 1. The lowest BCUT2D eigenvalue weighted by molar-refractivity contribution is -0.384. The highest BCUT2D eigenvalue weighted by atomic mass is 35.5. The molecule has 0 aliphatic heterocycles. The average Bonchev–Trinajstić information content (AvgIpc) is 3.15. The summed E-state index contributed by atoms with van der Waals surface area (Å²) >= 11 is 7.30. The van der Waals surface area contributed by atoms with Gasteiger partial charge in [-0.2, -0.15) is 0 Å². The SMILES string of the molecule is CCn1c(SCC(=O)Nc2ccc([N+](=O)[O-])cc2OC)nnc1-c1cccc(Cl)c1. The maximum atomic E-state index is 12.4. The Bertz CT molecular complexity index is 1090. The second kappa shape index (κ2) is 9.59. The van der Waals surface area contributed by atoms with E-state index in [9.17, 15) is 14.9 Å². The molecular formula is C19H18ClN5O4S. The number of rotatable bonds is 8. The van der Waals surface area contributed by atoms with Crippen molar-refractivity contribution in [2.24, 2.45) is 0 Å². The first kappa shape index (κ1) is 21.6. The van der Waals surface area contributed by atoms with Gasteiger partial charge in [0.2, 0.25) is 5.91 Å². The lowest BCUT2D eigenvalue weighted by Crippen LogP contribution is -2.15. The number of benzene rings is 2. The predicted molar refractivity (Wildman–Crippen MR) is 115 cm³/mol. The van der Waals surface area contributed by atoms with E-state index in [1.807, 2.05) is 23.6 Å². The van der Waals surface area contributed by atoms with E-state index in [4.69, 9.17) is 16.3 Å². The van der Waals surface area contributed by atoms with E-state index >= 15 is 0 Å². The molecule has 1 aromatic heterocycles. The zero-order chi connectivity index (χ0) is 21.7. The quantitative estimate of drug-likeness (QED) is 0.311. The van der Waals surface area contributed by atoms with E-state index in [2.05, 4.69) is 15.5 Å². The number of carbonyl (C=O) groups excluding carboxylic acids is 1. The Morgan fingerprint density at radius 3 is 2.77 bits per heavy atom. The molecule has 0 saturated carbocycles. The number of amides is 1. The van der Waals surface area contributed by atoms with Crippen LogP contribution in [-0.4, -0.2) is 38.5 Å². The molecule has 30 heavy (non-hydrogen) atoms. The van der Waals surface area contributed by atoms with Crippen LogP contribution in [0.15, 0.2) is 47.6 Å². The van der Waals surface area contributed by atoms with Crippen LogP contribution >= 0.6 is 23.4 Å². The zero-order valence-electron chi connectivity index (χ0n) is 16.2. The molecule has 0 aliphatic rings. The van der Waals surface area contributed by atoms with Crippen molar-refractivity contribution >= 4 is 40.6 Å². The van der Waals surface area contributed by atoms with Gasteiger partial charge in [0, 0.05) is 23.2 Å². The topological polar surface area (TPSA) is 112 Å². The number of methoxy groups -OCH3 is 1. The Balaban J connectivity index is 1.70. The third-order valence-corrected chi connectivity index (χ3v) is 5.32. The summed E-state index contributed by atoms with van der Waals surface area (Å²) in [7, 11) is 1.38. The summed E-state index contributed by atoms with van der Waals surface area (Å²) < 4.78 is 7.03. The van der Waals surface area contributed by atoms with Crippen LogP contribution in [0.4, 0.5) is 11.4 Å². The molecule has 0 aliphatic carbocycles. The first-order valence-corrected chi connectivity index (χ1v) is 10.2. The molecule has 0 spiro atoms. The van der Waals surface area contributed by atoms with E-state index < -0.39 is 4.92 Å². The molecule has 3 aromatic rings. The van der Waals surface area contributed by atoms with Gasteiger partial charge in [-0.15, -0.1) is 10.2 Å². The Morgan fingerprint density at radius 1 is 1.30 bits per heavy atom. The number of ether oxygens (including phenoxy) is 1. The van der Waals surface area contributed by atoms with Crippen molar-refractivity contribution in [1.82, 2.24) is 14.8 Å². The van der Waals surface area contributed by atoms with Crippen molar-refractivity contribution in [1.29, 1.82) is 0 Å². The molecule has 11 heteroatoms. The molecule has 1 heterocycles. The number of halogens is 1. The first-order valence-electron chi connectivity index (χ1n) is 8.87. The molecule has 156 valence electrons. The fourth-order valence-corrected chi connectivity index (χ4v) is 3.73. The van der Waals surface area contributed by atoms with Crippen LogP contribution in [0.3, 0.4) is 0 Å². The highest BCUT2D eigenvalue weighted by Crippen LogP contribution is 2.30. The summed E-state index contributed by atoms with van der Waals surface area (Å²) in [4.78, 5) is 22.8. The third kappa shape index (κ3) is 4.89. The van der Waals surface area contributed by atoms with Crippen LogP contribution in [0.2, 0.25) is 5.02 Å². The number of nitrogens with zero attached hydrogens (tertiary/aromatic N) is 4. The number of hydrogen-bond donors (Lipinski definition) is 1.